The maximum absolute atomic E-state index is 13.1. The van der Waals surface area contributed by atoms with Crippen molar-refractivity contribution in [3.63, 3.8) is 0 Å². The molecule has 2 aromatic rings. The van der Waals surface area contributed by atoms with Crippen LogP contribution in [0.3, 0.4) is 0 Å². The zero-order chi connectivity index (χ0) is 19.5. The number of hydrogen-bond donors (Lipinski definition) is 0. The molecule has 0 spiro atoms. The van der Waals surface area contributed by atoms with Gasteiger partial charge in [-0.3, -0.25) is 9.78 Å². The number of aromatic nitrogens is 1. The van der Waals surface area contributed by atoms with Gasteiger partial charge in [0.15, 0.2) is 0 Å². The third kappa shape index (κ3) is 3.86. The molecule has 1 atom stereocenters. The van der Waals surface area contributed by atoms with Crippen molar-refractivity contribution in [2.24, 2.45) is 0 Å². The van der Waals surface area contributed by atoms with Crippen molar-refractivity contribution in [1.82, 2.24) is 9.88 Å². The monoisotopic (exact) mass is 384 g/mol. The Labute approximate surface area is 163 Å². The van der Waals surface area contributed by atoms with E-state index in [1.165, 1.54) is 0 Å². The highest BCUT2D eigenvalue weighted by molar-refractivity contribution is 5.95. The molecule has 2 fully saturated rings. The van der Waals surface area contributed by atoms with Gasteiger partial charge in [-0.05, 0) is 37.5 Å². The second kappa shape index (κ2) is 8.24. The molecule has 2 aliphatic heterocycles. The third-order valence-electron chi connectivity index (χ3n) is 5.42. The Bertz CT molecular complexity index is 889. The molecule has 7 nitrogen and oxygen atoms in total. The van der Waals surface area contributed by atoms with Crippen LogP contribution in [0.15, 0.2) is 39.8 Å². The van der Waals surface area contributed by atoms with Crippen molar-refractivity contribution in [3.8, 4) is 0 Å². The molecule has 0 aromatic carbocycles. The minimum absolute atomic E-state index is 0.114. The molecule has 1 unspecified atom stereocenters. The van der Waals surface area contributed by atoms with Gasteiger partial charge >= 0.3 is 5.63 Å². The topological polar surface area (TPSA) is 81.9 Å². The molecule has 0 N–H and O–H groups in total. The van der Waals surface area contributed by atoms with E-state index in [0.29, 0.717) is 44.2 Å². The number of rotatable bonds is 3. The lowest BCUT2D eigenvalue weighted by molar-refractivity contribution is -0.0231. The molecule has 28 heavy (non-hydrogen) atoms. The highest BCUT2D eigenvalue weighted by Gasteiger charge is 2.30. The Morgan fingerprint density at radius 3 is 2.79 bits per heavy atom. The van der Waals surface area contributed by atoms with Crippen molar-refractivity contribution in [3.05, 3.63) is 63.5 Å². The van der Waals surface area contributed by atoms with E-state index in [0.717, 1.165) is 18.4 Å². The molecule has 148 valence electrons. The second-order valence-corrected chi connectivity index (χ2v) is 7.28. The minimum Gasteiger partial charge on any atom is -0.427 e. The number of carbonyl (C=O) groups excluding carboxylic acids is 1. The van der Waals surface area contributed by atoms with E-state index < -0.39 is 5.63 Å². The Balaban J connectivity index is 1.55. The fraction of sp³-hybridized carbons (Fsp3) is 0.476. The van der Waals surface area contributed by atoms with E-state index in [2.05, 4.69) is 4.98 Å². The van der Waals surface area contributed by atoms with Gasteiger partial charge in [0.1, 0.15) is 17.4 Å². The Morgan fingerprint density at radius 1 is 1.25 bits per heavy atom. The molecule has 4 rings (SSSR count). The van der Waals surface area contributed by atoms with Gasteiger partial charge in [0.25, 0.3) is 5.91 Å². The van der Waals surface area contributed by atoms with Crippen LogP contribution in [0.1, 0.15) is 52.1 Å². The molecule has 2 aliphatic rings. The summed E-state index contributed by atoms with van der Waals surface area (Å²) in [7, 11) is 0. The average Bonchev–Trinajstić information content (AvgIpc) is 2.74. The number of nitrogens with zero attached hydrogens (tertiary/aromatic N) is 2. The van der Waals surface area contributed by atoms with Gasteiger partial charge in [-0.2, -0.15) is 0 Å². The molecule has 1 amide bonds. The molecule has 4 heterocycles. The largest absolute Gasteiger partial charge is 0.427 e. The van der Waals surface area contributed by atoms with Crippen molar-refractivity contribution in [2.75, 3.05) is 32.9 Å². The SMILES string of the molecule is Cc1cc(C2CCOCC2)oc(=O)c1C(=O)N1CCOC(c2cccnc2)C1. The summed E-state index contributed by atoms with van der Waals surface area (Å²) in [5, 5.41) is 0. The van der Waals surface area contributed by atoms with E-state index in [-0.39, 0.29) is 23.5 Å². The Kier molecular flexibility index (Phi) is 5.54. The first-order valence-electron chi connectivity index (χ1n) is 9.66. The summed E-state index contributed by atoms with van der Waals surface area (Å²) in [6.07, 6.45) is 4.84. The Hall–Kier alpha value is -2.51. The molecule has 2 saturated heterocycles. The lowest BCUT2D eigenvalue weighted by Crippen LogP contribution is -2.44. The number of hydrogen-bond acceptors (Lipinski definition) is 6. The lowest BCUT2D eigenvalue weighted by Gasteiger charge is -2.33. The normalized spacial score (nSPS) is 20.9. The van der Waals surface area contributed by atoms with Gasteiger partial charge in [0, 0.05) is 43.6 Å². The zero-order valence-electron chi connectivity index (χ0n) is 15.9. The summed E-state index contributed by atoms with van der Waals surface area (Å²) in [5.41, 5.74) is 1.13. The van der Waals surface area contributed by atoms with Gasteiger partial charge in [-0.1, -0.05) is 6.07 Å². The number of ether oxygens (including phenoxy) is 2. The van der Waals surface area contributed by atoms with Crippen LogP contribution in [0.4, 0.5) is 0 Å². The summed E-state index contributed by atoms with van der Waals surface area (Å²) < 4.78 is 16.7. The molecule has 0 bridgehead atoms. The summed E-state index contributed by atoms with van der Waals surface area (Å²) in [6.45, 7) is 4.36. The van der Waals surface area contributed by atoms with Crippen LogP contribution in [0, 0.1) is 6.92 Å². The first-order chi connectivity index (χ1) is 13.6. The highest BCUT2D eigenvalue weighted by Crippen LogP contribution is 2.28. The number of aryl methyl sites for hydroxylation is 1. The average molecular weight is 384 g/mol. The maximum atomic E-state index is 13.1. The number of amides is 1. The van der Waals surface area contributed by atoms with E-state index in [1.807, 2.05) is 18.2 Å². The van der Waals surface area contributed by atoms with Crippen LogP contribution in [-0.2, 0) is 9.47 Å². The van der Waals surface area contributed by atoms with E-state index in [4.69, 9.17) is 13.9 Å². The number of morpholine rings is 1. The van der Waals surface area contributed by atoms with Crippen LogP contribution in [0.25, 0.3) is 0 Å². The van der Waals surface area contributed by atoms with E-state index >= 15 is 0 Å². The molecule has 0 aliphatic carbocycles. The van der Waals surface area contributed by atoms with Crippen molar-refractivity contribution >= 4 is 5.91 Å². The van der Waals surface area contributed by atoms with Crippen molar-refractivity contribution < 1.29 is 18.7 Å². The fourth-order valence-electron chi connectivity index (χ4n) is 3.83. The summed E-state index contributed by atoms with van der Waals surface area (Å²) in [4.78, 5) is 31.5. The summed E-state index contributed by atoms with van der Waals surface area (Å²) in [6, 6.07) is 5.60. The minimum atomic E-state index is -0.559. The highest BCUT2D eigenvalue weighted by atomic mass is 16.5. The van der Waals surface area contributed by atoms with Gasteiger partial charge in [0.05, 0.1) is 13.2 Å². The molecular weight excluding hydrogens is 360 g/mol. The molecule has 2 aromatic heterocycles. The van der Waals surface area contributed by atoms with Crippen LogP contribution in [0.2, 0.25) is 0 Å². The molecule has 7 heteroatoms. The molecular formula is C21H24N2O5. The summed E-state index contributed by atoms with van der Waals surface area (Å²) in [5.74, 6) is 0.516. The Morgan fingerprint density at radius 2 is 2.07 bits per heavy atom. The van der Waals surface area contributed by atoms with E-state index in [9.17, 15) is 9.59 Å². The van der Waals surface area contributed by atoms with Crippen molar-refractivity contribution in [1.29, 1.82) is 0 Å². The molecule has 0 saturated carbocycles. The van der Waals surface area contributed by atoms with Gasteiger partial charge < -0.3 is 18.8 Å². The number of pyridine rings is 1. The van der Waals surface area contributed by atoms with Crippen LogP contribution >= 0.6 is 0 Å². The quantitative estimate of drug-likeness (QED) is 0.809. The van der Waals surface area contributed by atoms with Crippen LogP contribution in [0.5, 0.6) is 0 Å². The predicted molar refractivity (Wildman–Crippen MR) is 101 cm³/mol. The van der Waals surface area contributed by atoms with Crippen molar-refractivity contribution in [2.45, 2.75) is 31.8 Å². The van der Waals surface area contributed by atoms with Gasteiger partial charge in [-0.15, -0.1) is 0 Å². The zero-order valence-corrected chi connectivity index (χ0v) is 15.9. The summed E-state index contributed by atoms with van der Waals surface area (Å²) >= 11 is 0. The standard InChI is InChI=1S/C21H24N2O5/c1-14-11-17(15-4-8-26-9-5-15)28-21(25)19(14)20(24)23-7-10-27-18(13-23)16-3-2-6-22-12-16/h2-3,6,11-12,15,18H,4-5,7-10,13H2,1H3. The first-order valence-corrected chi connectivity index (χ1v) is 9.66. The lowest BCUT2D eigenvalue weighted by atomic mass is 9.95. The van der Waals surface area contributed by atoms with Gasteiger partial charge in [-0.25, -0.2) is 4.79 Å². The third-order valence-corrected chi connectivity index (χ3v) is 5.42. The fourth-order valence-corrected chi connectivity index (χ4v) is 3.83. The van der Waals surface area contributed by atoms with Crippen LogP contribution in [-0.4, -0.2) is 48.7 Å². The van der Waals surface area contributed by atoms with Gasteiger partial charge in [0.2, 0.25) is 0 Å². The molecule has 0 radical (unpaired) electrons. The second-order valence-electron chi connectivity index (χ2n) is 7.28. The first kappa shape index (κ1) is 18.8. The predicted octanol–water partition coefficient (Wildman–Crippen LogP) is 2.45. The van der Waals surface area contributed by atoms with E-state index in [1.54, 1.807) is 24.2 Å². The smallest absolute Gasteiger partial charge is 0.349 e. The maximum Gasteiger partial charge on any atom is 0.349 e. The van der Waals surface area contributed by atoms with Crippen LogP contribution < -0.4 is 5.63 Å². The number of carbonyl (C=O) groups is 1.